The molecule has 0 bridgehead atoms. The van der Waals surface area contributed by atoms with Crippen LogP contribution in [0.1, 0.15) is 57.5 Å². The van der Waals surface area contributed by atoms with Crippen LogP contribution in [-0.4, -0.2) is 45.9 Å². The molecule has 1 spiro atoms. The Morgan fingerprint density at radius 3 is 2.23 bits per heavy atom. The van der Waals surface area contributed by atoms with Crippen molar-refractivity contribution in [3.05, 3.63) is 74.1 Å². The summed E-state index contributed by atoms with van der Waals surface area (Å²) in [5.74, 6) is -2.71. The van der Waals surface area contributed by atoms with E-state index in [0.717, 1.165) is 23.8 Å². The molecule has 10 nitrogen and oxygen atoms in total. The Labute approximate surface area is 224 Å². The van der Waals surface area contributed by atoms with E-state index in [1.165, 1.54) is 23.6 Å². The zero-order chi connectivity index (χ0) is 27.6. The molecule has 2 heterocycles. The second-order valence-corrected chi connectivity index (χ2v) is 10.9. The van der Waals surface area contributed by atoms with Gasteiger partial charge in [-0.3, -0.25) is 9.59 Å². The molecule has 0 amide bonds. The summed E-state index contributed by atoms with van der Waals surface area (Å²) in [4.78, 5) is 68.6. The van der Waals surface area contributed by atoms with E-state index in [-0.39, 0.29) is 17.8 Å². The summed E-state index contributed by atoms with van der Waals surface area (Å²) in [6, 6.07) is 7.08. The molecule has 3 aliphatic carbocycles. The zero-order valence-electron chi connectivity index (χ0n) is 22.2. The van der Waals surface area contributed by atoms with Gasteiger partial charge in [-0.2, -0.15) is 0 Å². The van der Waals surface area contributed by atoms with Crippen LogP contribution in [0, 0.1) is 17.3 Å². The molecule has 10 heteroatoms. The Kier molecular flexibility index (Phi) is 5.89. The van der Waals surface area contributed by atoms with Gasteiger partial charge in [-0.15, -0.1) is 0 Å². The lowest BCUT2D eigenvalue weighted by Gasteiger charge is -2.41. The van der Waals surface area contributed by atoms with Crippen LogP contribution in [0.3, 0.4) is 0 Å². The molecule has 1 aromatic carbocycles. The van der Waals surface area contributed by atoms with E-state index in [9.17, 15) is 24.0 Å². The fraction of sp³-hybridized carbons (Fsp3) is 0.483. The van der Waals surface area contributed by atoms with E-state index in [1.807, 2.05) is 0 Å². The minimum Gasteiger partial charge on any atom is -0.469 e. The highest BCUT2D eigenvalue weighted by molar-refractivity contribution is 6.06. The van der Waals surface area contributed by atoms with E-state index in [0.29, 0.717) is 29.7 Å². The number of nitrogens with zero attached hydrogens (tertiary/aromatic N) is 3. The maximum absolute atomic E-state index is 14.5. The number of ether oxygens (including phenoxy) is 2. The predicted octanol–water partition coefficient (Wildman–Crippen LogP) is 2.65. The lowest BCUT2D eigenvalue weighted by molar-refractivity contribution is -0.147. The van der Waals surface area contributed by atoms with Crippen LogP contribution in [0.25, 0.3) is 5.69 Å². The van der Waals surface area contributed by atoms with Crippen LogP contribution in [0.4, 0.5) is 0 Å². The minimum atomic E-state index is -0.902. The Hall–Kier alpha value is -3.95. The average Bonchev–Trinajstić information content (AvgIpc) is 3.26. The number of carbonyl (C=O) groups is 3. The summed E-state index contributed by atoms with van der Waals surface area (Å²) >= 11 is 0. The topological polar surface area (TPSA) is 119 Å². The van der Waals surface area contributed by atoms with Crippen molar-refractivity contribution >= 4 is 17.7 Å². The predicted molar refractivity (Wildman–Crippen MR) is 139 cm³/mol. The third kappa shape index (κ3) is 3.36. The summed E-state index contributed by atoms with van der Waals surface area (Å²) in [7, 11) is 2.55. The molecule has 0 saturated heterocycles. The standard InChI is InChI=1S/C29H31N3O7/c1-16-21-22-20(32-28(37)30(27(36)31(16)32)18-10-6-4-7-11-18)15-17(25(34)38-2)14-19(26(35)39-3)23(22)29(24(21)33)12-8-5-9-13-29/h4,6-7,10-11,14,16,19-20,23H,5,8-9,12-13,15H2,1-3H3/t16-,19+,20+,23+/m0/s1. The number of allylic oxidation sites excluding steroid dienone is 2. The number of rotatable bonds is 3. The summed E-state index contributed by atoms with van der Waals surface area (Å²) in [6.45, 7) is 1.76. The SMILES string of the molecule is COC(=O)C1=C[C@@H](C(=O)OC)[C@@H]2C3=C(C(=O)C24CCCCC4)[C@H](C)n2c(=O)n(-c4ccccc4)c(=O)n2[C@@H]3C1. The first-order valence-corrected chi connectivity index (χ1v) is 13.4. The van der Waals surface area contributed by atoms with E-state index < -0.39 is 52.7 Å². The second-order valence-electron chi connectivity index (χ2n) is 10.9. The van der Waals surface area contributed by atoms with Gasteiger partial charge in [0.1, 0.15) is 0 Å². The monoisotopic (exact) mass is 533 g/mol. The van der Waals surface area contributed by atoms with Gasteiger partial charge in [0.05, 0.1) is 37.9 Å². The highest BCUT2D eigenvalue weighted by Gasteiger charge is 2.62. The first-order valence-electron chi connectivity index (χ1n) is 13.4. The average molecular weight is 534 g/mol. The lowest BCUT2D eigenvalue weighted by Crippen LogP contribution is -2.43. The fourth-order valence-electron chi connectivity index (χ4n) is 7.65. The van der Waals surface area contributed by atoms with E-state index in [1.54, 1.807) is 43.3 Å². The van der Waals surface area contributed by atoms with Crippen molar-refractivity contribution in [3.8, 4) is 5.69 Å². The Morgan fingerprint density at radius 2 is 1.59 bits per heavy atom. The molecule has 1 aromatic heterocycles. The molecule has 204 valence electrons. The number of carbonyl (C=O) groups excluding carboxylic acids is 3. The number of methoxy groups -OCH3 is 2. The number of fused-ring (bicyclic) bond motifs is 3. The Bertz CT molecular complexity index is 1570. The van der Waals surface area contributed by atoms with Gasteiger partial charge in [0.25, 0.3) is 0 Å². The molecule has 2 aromatic rings. The first kappa shape index (κ1) is 25.3. The van der Waals surface area contributed by atoms with Gasteiger partial charge in [0, 0.05) is 28.9 Å². The van der Waals surface area contributed by atoms with Gasteiger partial charge in [-0.1, -0.05) is 43.5 Å². The van der Waals surface area contributed by atoms with Crippen LogP contribution in [0.2, 0.25) is 0 Å². The minimum absolute atomic E-state index is 0.00370. The van der Waals surface area contributed by atoms with E-state index in [2.05, 4.69) is 0 Å². The van der Waals surface area contributed by atoms with E-state index >= 15 is 0 Å². The molecule has 0 unspecified atom stereocenters. The van der Waals surface area contributed by atoms with Crippen LogP contribution in [-0.2, 0) is 23.9 Å². The van der Waals surface area contributed by atoms with Gasteiger partial charge in [0.2, 0.25) is 0 Å². The van der Waals surface area contributed by atoms with Crippen molar-refractivity contribution in [1.82, 2.24) is 13.9 Å². The van der Waals surface area contributed by atoms with Crippen molar-refractivity contribution in [2.75, 3.05) is 14.2 Å². The van der Waals surface area contributed by atoms with Crippen molar-refractivity contribution in [1.29, 1.82) is 0 Å². The number of benzene rings is 1. The van der Waals surface area contributed by atoms with Crippen molar-refractivity contribution in [3.63, 3.8) is 0 Å². The highest BCUT2D eigenvalue weighted by atomic mass is 16.5. The molecule has 1 fully saturated rings. The fourth-order valence-corrected chi connectivity index (χ4v) is 7.65. The van der Waals surface area contributed by atoms with Gasteiger partial charge in [0.15, 0.2) is 5.78 Å². The molecular formula is C29H31N3O7. The second kappa shape index (κ2) is 9.07. The molecule has 4 atom stereocenters. The lowest BCUT2D eigenvalue weighted by atomic mass is 9.61. The van der Waals surface area contributed by atoms with Gasteiger partial charge < -0.3 is 9.47 Å². The smallest absolute Gasteiger partial charge is 0.352 e. The highest BCUT2D eigenvalue weighted by Crippen LogP contribution is 2.62. The number of hydrogen-bond acceptors (Lipinski definition) is 7. The maximum atomic E-state index is 14.5. The number of esters is 2. The van der Waals surface area contributed by atoms with Gasteiger partial charge in [-0.25, -0.2) is 28.3 Å². The van der Waals surface area contributed by atoms with Gasteiger partial charge >= 0.3 is 23.3 Å². The Balaban J connectivity index is 1.66. The summed E-state index contributed by atoms with van der Waals surface area (Å²) in [5, 5.41) is 0. The van der Waals surface area contributed by atoms with Crippen molar-refractivity contribution in [2.24, 2.45) is 17.3 Å². The summed E-state index contributed by atoms with van der Waals surface area (Å²) < 4.78 is 14.1. The molecule has 6 rings (SSSR count). The third-order valence-electron chi connectivity index (χ3n) is 9.22. The van der Waals surface area contributed by atoms with Crippen molar-refractivity contribution < 1.29 is 23.9 Å². The number of Topliss-reactive ketones (excluding diaryl/α,β-unsaturated/α-hetero) is 1. The van der Waals surface area contributed by atoms with Crippen LogP contribution < -0.4 is 11.4 Å². The first-order chi connectivity index (χ1) is 18.8. The number of hydrogen-bond donors (Lipinski definition) is 0. The number of ketones is 1. The van der Waals surface area contributed by atoms with Crippen LogP contribution in [0.5, 0.6) is 0 Å². The van der Waals surface area contributed by atoms with E-state index in [4.69, 9.17) is 9.47 Å². The molecule has 4 aliphatic rings. The molecule has 39 heavy (non-hydrogen) atoms. The quantitative estimate of drug-likeness (QED) is 0.557. The number of aromatic nitrogens is 3. The largest absolute Gasteiger partial charge is 0.469 e. The maximum Gasteiger partial charge on any atom is 0.352 e. The van der Waals surface area contributed by atoms with Crippen LogP contribution in [0.15, 0.2) is 62.7 Å². The Morgan fingerprint density at radius 1 is 0.923 bits per heavy atom. The van der Waals surface area contributed by atoms with Gasteiger partial charge in [-0.05, 0) is 37.5 Å². The number of para-hydroxylation sites is 1. The molecule has 0 radical (unpaired) electrons. The van der Waals surface area contributed by atoms with Crippen LogP contribution >= 0.6 is 0 Å². The zero-order valence-corrected chi connectivity index (χ0v) is 22.2. The molecule has 1 aliphatic heterocycles. The normalized spacial score (nSPS) is 26.9. The summed E-state index contributed by atoms with van der Waals surface area (Å²) in [6.07, 6.45) is 5.41. The third-order valence-corrected chi connectivity index (χ3v) is 9.22. The molecule has 1 saturated carbocycles. The summed E-state index contributed by atoms with van der Waals surface area (Å²) in [5.41, 5.74) is -0.207. The molecule has 0 N–H and O–H groups in total. The molecular weight excluding hydrogens is 502 g/mol. The van der Waals surface area contributed by atoms with Crippen molar-refractivity contribution in [2.45, 2.75) is 57.5 Å².